The number of halogens is 3. The fourth-order valence-corrected chi connectivity index (χ4v) is 4.65. The van der Waals surface area contributed by atoms with Crippen molar-refractivity contribution in [3.8, 4) is 5.75 Å². The summed E-state index contributed by atoms with van der Waals surface area (Å²) >= 11 is 12.0. The monoisotopic (exact) mass is 512 g/mol. The van der Waals surface area contributed by atoms with Crippen molar-refractivity contribution in [3.05, 3.63) is 93.2 Å². The summed E-state index contributed by atoms with van der Waals surface area (Å²) < 4.78 is 19.5. The molecular formula is C26H19Cl2FN2O4. The van der Waals surface area contributed by atoms with E-state index in [0.29, 0.717) is 35.1 Å². The van der Waals surface area contributed by atoms with Crippen molar-refractivity contribution < 1.29 is 23.8 Å². The van der Waals surface area contributed by atoms with Gasteiger partial charge in [-0.1, -0.05) is 35.3 Å². The zero-order valence-corrected chi connectivity index (χ0v) is 20.0. The molecule has 3 aromatic rings. The van der Waals surface area contributed by atoms with E-state index < -0.39 is 23.5 Å². The largest absolute Gasteiger partial charge is 0.507 e. The fraction of sp³-hybridized carbons (Fsp3) is 0.154. The van der Waals surface area contributed by atoms with Crippen LogP contribution in [0.3, 0.4) is 0 Å². The summed E-state index contributed by atoms with van der Waals surface area (Å²) in [7, 11) is 1.90. The third-order valence-corrected chi connectivity index (χ3v) is 6.68. The fourth-order valence-electron chi connectivity index (χ4n) is 4.35. The van der Waals surface area contributed by atoms with Crippen LogP contribution in [0.5, 0.6) is 5.75 Å². The summed E-state index contributed by atoms with van der Waals surface area (Å²) in [6.07, 6.45) is 0. The van der Waals surface area contributed by atoms with Crippen molar-refractivity contribution in [1.29, 1.82) is 0 Å². The predicted molar refractivity (Wildman–Crippen MR) is 133 cm³/mol. The highest BCUT2D eigenvalue weighted by Gasteiger charge is 2.47. The van der Waals surface area contributed by atoms with E-state index in [1.807, 2.05) is 11.9 Å². The number of benzene rings is 3. The van der Waals surface area contributed by atoms with E-state index in [9.17, 15) is 19.1 Å². The Morgan fingerprint density at radius 3 is 2.51 bits per heavy atom. The standard InChI is InChI=1S/C26H19Cl2FN2O4/c1-30-10-11-35-21-9-4-15(12-20(21)30)24(32)22-23(14-2-5-16(27)6-3-14)31(26(34)25(22)33)17-7-8-19(29)18(28)13-17/h2-9,12-13,23,32H,10-11H2,1H3/b24-22-. The number of Topliss-reactive ketones (excluding diaryl/α,β-unsaturated/α-hetero) is 1. The lowest BCUT2D eigenvalue weighted by Crippen LogP contribution is -2.29. The SMILES string of the molecule is CN1CCOc2ccc(/C(O)=C3/C(=O)C(=O)N(c4ccc(F)c(Cl)c4)C3c3ccc(Cl)cc3)cc21. The number of carbonyl (C=O) groups is 2. The molecule has 0 radical (unpaired) electrons. The third-order valence-electron chi connectivity index (χ3n) is 6.14. The van der Waals surface area contributed by atoms with Gasteiger partial charge in [0, 0.05) is 23.3 Å². The molecule has 1 fully saturated rings. The summed E-state index contributed by atoms with van der Waals surface area (Å²) in [6.45, 7) is 1.20. The number of hydrogen-bond acceptors (Lipinski definition) is 5. The highest BCUT2D eigenvalue weighted by atomic mass is 35.5. The quantitative estimate of drug-likeness (QED) is 0.281. The average molecular weight is 513 g/mol. The second kappa shape index (κ2) is 8.91. The lowest BCUT2D eigenvalue weighted by Gasteiger charge is -2.28. The number of rotatable bonds is 3. The molecule has 1 N–H and O–H groups in total. The third kappa shape index (κ3) is 4.00. The van der Waals surface area contributed by atoms with Crippen LogP contribution in [0.1, 0.15) is 17.2 Å². The molecule has 35 heavy (non-hydrogen) atoms. The van der Waals surface area contributed by atoms with Gasteiger partial charge in [-0.05, 0) is 54.1 Å². The minimum Gasteiger partial charge on any atom is -0.507 e. The minimum absolute atomic E-state index is 0.0999. The molecule has 6 nitrogen and oxygen atoms in total. The molecule has 2 aliphatic heterocycles. The van der Waals surface area contributed by atoms with Crippen molar-refractivity contribution >= 4 is 52.0 Å². The normalized spacial score (nSPS) is 19.0. The van der Waals surface area contributed by atoms with Gasteiger partial charge in [0.05, 0.1) is 28.9 Å². The minimum atomic E-state index is -0.987. The zero-order chi connectivity index (χ0) is 24.9. The summed E-state index contributed by atoms with van der Waals surface area (Å²) in [5.41, 5.74) is 1.76. The average Bonchev–Trinajstić information content (AvgIpc) is 3.11. The van der Waals surface area contributed by atoms with Crippen LogP contribution in [-0.2, 0) is 9.59 Å². The van der Waals surface area contributed by atoms with Crippen LogP contribution < -0.4 is 14.5 Å². The number of anilines is 2. The maximum atomic E-state index is 13.8. The topological polar surface area (TPSA) is 70.1 Å². The van der Waals surface area contributed by atoms with Crippen LogP contribution in [-0.4, -0.2) is 37.0 Å². The molecule has 1 saturated heterocycles. The number of amides is 1. The van der Waals surface area contributed by atoms with Gasteiger partial charge >= 0.3 is 0 Å². The van der Waals surface area contributed by atoms with Gasteiger partial charge in [0.2, 0.25) is 0 Å². The molecule has 2 aliphatic rings. The smallest absolute Gasteiger partial charge is 0.300 e. The van der Waals surface area contributed by atoms with E-state index in [2.05, 4.69) is 0 Å². The predicted octanol–water partition coefficient (Wildman–Crippen LogP) is 5.59. The van der Waals surface area contributed by atoms with Gasteiger partial charge in [-0.25, -0.2) is 4.39 Å². The van der Waals surface area contributed by atoms with E-state index in [-0.39, 0.29) is 22.0 Å². The molecule has 9 heteroatoms. The molecule has 1 amide bonds. The lowest BCUT2D eigenvalue weighted by molar-refractivity contribution is -0.132. The van der Waals surface area contributed by atoms with E-state index in [0.717, 1.165) is 11.8 Å². The van der Waals surface area contributed by atoms with Crippen molar-refractivity contribution in [2.45, 2.75) is 6.04 Å². The number of fused-ring (bicyclic) bond motifs is 1. The van der Waals surface area contributed by atoms with Crippen molar-refractivity contribution in [1.82, 2.24) is 0 Å². The van der Waals surface area contributed by atoms with Crippen LogP contribution in [0.15, 0.2) is 66.2 Å². The number of carbonyl (C=O) groups excluding carboxylic acids is 2. The van der Waals surface area contributed by atoms with Crippen LogP contribution in [0.4, 0.5) is 15.8 Å². The zero-order valence-electron chi connectivity index (χ0n) is 18.5. The van der Waals surface area contributed by atoms with Crippen LogP contribution in [0.25, 0.3) is 5.76 Å². The van der Waals surface area contributed by atoms with E-state index >= 15 is 0 Å². The second-order valence-electron chi connectivity index (χ2n) is 8.27. The molecule has 0 spiro atoms. The summed E-state index contributed by atoms with van der Waals surface area (Å²) in [4.78, 5) is 29.7. The molecule has 5 rings (SSSR count). The van der Waals surface area contributed by atoms with Gasteiger partial charge in [-0.2, -0.15) is 0 Å². The maximum Gasteiger partial charge on any atom is 0.300 e. The van der Waals surface area contributed by atoms with E-state index in [1.165, 1.54) is 17.0 Å². The van der Waals surface area contributed by atoms with Gasteiger partial charge in [-0.3, -0.25) is 14.5 Å². The molecular weight excluding hydrogens is 494 g/mol. The Bertz CT molecular complexity index is 1390. The first-order valence-corrected chi connectivity index (χ1v) is 11.5. The van der Waals surface area contributed by atoms with Crippen molar-refractivity contribution in [2.75, 3.05) is 30.0 Å². The number of hydrogen-bond donors (Lipinski definition) is 1. The summed E-state index contributed by atoms with van der Waals surface area (Å²) in [6, 6.07) is 14.4. The maximum absolute atomic E-state index is 13.8. The lowest BCUT2D eigenvalue weighted by atomic mass is 9.95. The summed E-state index contributed by atoms with van der Waals surface area (Å²) in [5.74, 6) is -2.07. The Morgan fingerprint density at radius 2 is 1.80 bits per heavy atom. The Balaban J connectivity index is 1.70. The molecule has 0 aliphatic carbocycles. The van der Waals surface area contributed by atoms with E-state index in [1.54, 1.807) is 42.5 Å². The number of ether oxygens (including phenoxy) is 1. The highest BCUT2D eigenvalue weighted by Crippen LogP contribution is 2.44. The molecule has 1 atom stereocenters. The Morgan fingerprint density at radius 1 is 1.06 bits per heavy atom. The van der Waals surface area contributed by atoms with Gasteiger partial charge in [0.15, 0.2) is 0 Å². The van der Waals surface area contributed by atoms with Crippen molar-refractivity contribution in [3.63, 3.8) is 0 Å². The molecule has 1 unspecified atom stereocenters. The molecule has 0 bridgehead atoms. The van der Waals surface area contributed by atoms with Crippen LogP contribution in [0, 0.1) is 5.82 Å². The first-order chi connectivity index (χ1) is 16.8. The number of aliphatic hydroxyl groups excluding tert-OH is 1. The number of ketones is 1. The molecule has 2 heterocycles. The van der Waals surface area contributed by atoms with Gasteiger partial charge < -0.3 is 14.7 Å². The molecule has 0 aromatic heterocycles. The molecule has 3 aromatic carbocycles. The van der Waals surface area contributed by atoms with E-state index in [4.69, 9.17) is 27.9 Å². The van der Waals surface area contributed by atoms with Gasteiger partial charge in [-0.15, -0.1) is 0 Å². The second-order valence-corrected chi connectivity index (χ2v) is 9.12. The first kappa shape index (κ1) is 23.2. The van der Waals surface area contributed by atoms with Gasteiger partial charge in [0.1, 0.15) is 23.9 Å². The number of aliphatic hydroxyl groups is 1. The summed E-state index contributed by atoms with van der Waals surface area (Å²) in [5, 5.41) is 11.6. The van der Waals surface area contributed by atoms with Gasteiger partial charge in [0.25, 0.3) is 11.7 Å². The Kier molecular flexibility index (Phi) is 5.91. The Hall–Kier alpha value is -3.55. The van der Waals surface area contributed by atoms with Crippen LogP contribution >= 0.6 is 23.2 Å². The van der Waals surface area contributed by atoms with Crippen LogP contribution in [0.2, 0.25) is 10.0 Å². The molecule has 178 valence electrons. The molecule has 0 saturated carbocycles. The van der Waals surface area contributed by atoms with Crippen molar-refractivity contribution in [2.24, 2.45) is 0 Å². The number of likely N-dealkylation sites (N-methyl/N-ethyl adjacent to an activating group) is 1. The number of nitrogens with zero attached hydrogens (tertiary/aromatic N) is 2. The Labute approximate surface area is 210 Å². The highest BCUT2D eigenvalue weighted by molar-refractivity contribution is 6.51. The first-order valence-electron chi connectivity index (χ1n) is 10.8.